The van der Waals surface area contributed by atoms with Gasteiger partial charge < -0.3 is 5.32 Å². The summed E-state index contributed by atoms with van der Waals surface area (Å²) in [6, 6.07) is 4.63. The van der Waals surface area contributed by atoms with Crippen molar-refractivity contribution < 1.29 is 0 Å². The van der Waals surface area contributed by atoms with Crippen molar-refractivity contribution in [3.05, 3.63) is 23.9 Å². The van der Waals surface area contributed by atoms with Crippen LogP contribution in [0, 0.1) is 6.92 Å². The molecule has 0 bridgehead atoms. The van der Waals surface area contributed by atoms with E-state index in [1.54, 1.807) is 0 Å². The van der Waals surface area contributed by atoms with E-state index < -0.39 is 0 Å². The zero-order valence-corrected chi connectivity index (χ0v) is 10.9. The molecule has 18 heavy (non-hydrogen) atoms. The van der Waals surface area contributed by atoms with Crippen LogP contribution in [-0.2, 0) is 0 Å². The van der Waals surface area contributed by atoms with Crippen molar-refractivity contribution in [1.29, 1.82) is 0 Å². The Labute approximate surface area is 107 Å². The van der Waals surface area contributed by atoms with Gasteiger partial charge in [0.25, 0.3) is 0 Å². The van der Waals surface area contributed by atoms with Crippen LogP contribution in [0.15, 0.2) is 18.3 Å². The Bertz CT molecular complexity index is 524. The van der Waals surface area contributed by atoms with E-state index in [4.69, 9.17) is 0 Å². The predicted octanol–water partition coefficient (Wildman–Crippen LogP) is 3.17. The molecule has 0 amide bonds. The molecule has 1 saturated carbocycles. The van der Waals surface area contributed by atoms with E-state index in [0.717, 1.165) is 11.6 Å². The van der Waals surface area contributed by atoms with E-state index >= 15 is 0 Å². The lowest BCUT2D eigenvalue weighted by molar-refractivity contribution is 0.614. The monoisotopic (exact) mass is 244 g/mol. The number of aryl methyl sites for hydroxylation is 1. The van der Waals surface area contributed by atoms with E-state index in [-0.39, 0.29) is 0 Å². The molecule has 0 spiro atoms. The second kappa shape index (κ2) is 4.96. The number of rotatable bonds is 2. The standard InChI is InChI=1S/C14H20N4/c1-11-8-9-13-16-14(17-18(13)10-11)15-12-6-4-2-3-5-7-12/h8-10,12H,2-7H2,1H3,(H,15,17). The summed E-state index contributed by atoms with van der Waals surface area (Å²) in [5.74, 6) is 0.771. The van der Waals surface area contributed by atoms with Crippen LogP contribution >= 0.6 is 0 Å². The van der Waals surface area contributed by atoms with Crippen LogP contribution in [0.3, 0.4) is 0 Å². The number of hydrogen-bond donors (Lipinski definition) is 1. The number of pyridine rings is 1. The SMILES string of the molecule is Cc1ccc2nc(NC3CCCCCC3)nn2c1. The molecule has 2 aromatic heterocycles. The molecule has 4 heteroatoms. The summed E-state index contributed by atoms with van der Waals surface area (Å²) in [7, 11) is 0. The molecule has 4 nitrogen and oxygen atoms in total. The highest BCUT2D eigenvalue weighted by atomic mass is 15.3. The van der Waals surface area contributed by atoms with E-state index in [0.29, 0.717) is 6.04 Å². The smallest absolute Gasteiger partial charge is 0.243 e. The first kappa shape index (κ1) is 11.5. The van der Waals surface area contributed by atoms with Crippen molar-refractivity contribution in [2.75, 3.05) is 5.32 Å². The Morgan fingerprint density at radius 3 is 2.72 bits per heavy atom. The molecule has 0 atom stereocenters. The normalized spacial score (nSPS) is 17.8. The van der Waals surface area contributed by atoms with Crippen LogP contribution in [-0.4, -0.2) is 20.6 Å². The fourth-order valence-corrected chi connectivity index (χ4v) is 2.65. The van der Waals surface area contributed by atoms with Gasteiger partial charge >= 0.3 is 0 Å². The van der Waals surface area contributed by atoms with Gasteiger partial charge in [0, 0.05) is 12.2 Å². The van der Waals surface area contributed by atoms with Crippen LogP contribution in [0.5, 0.6) is 0 Å². The highest BCUT2D eigenvalue weighted by Crippen LogP contribution is 2.20. The molecule has 0 unspecified atom stereocenters. The third-order valence-corrected chi connectivity index (χ3v) is 3.67. The summed E-state index contributed by atoms with van der Waals surface area (Å²) < 4.78 is 1.86. The van der Waals surface area contributed by atoms with Gasteiger partial charge in [-0.3, -0.25) is 0 Å². The number of aromatic nitrogens is 3. The minimum Gasteiger partial charge on any atom is -0.350 e. The highest BCUT2D eigenvalue weighted by Gasteiger charge is 2.14. The maximum absolute atomic E-state index is 4.52. The van der Waals surface area contributed by atoms with E-state index in [2.05, 4.69) is 28.4 Å². The Balaban J connectivity index is 1.77. The first-order valence-electron chi connectivity index (χ1n) is 6.91. The Morgan fingerprint density at radius 1 is 1.17 bits per heavy atom. The second-order valence-corrected chi connectivity index (χ2v) is 5.28. The third-order valence-electron chi connectivity index (χ3n) is 3.67. The molecular weight excluding hydrogens is 224 g/mol. The van der Waals surface area contributed by atoms with E-state index in [9.17, 15) is 0 Å². The van der Waals surface area contributed by atoms with Gasteiger partial charge in [-0.15, -0.1) is 5.10 Å². The van der Waals surface area contributed by atoms with Crippen LogP contribution in [0.25, 0.3) is 5.65 Å². The van der Waals surface area contributed by atoms with Crippen molar-refractivity contribution in [3.63, 3.8) is 0 Å². The highest BCUT2D eigenvalue weighted by molar-refractivity contribution is 5.44. The average Bonchev–Trinajstić information content (AvgIpc) is 2.57. The van der Waals surface area contributed by atoms with E-state index in [1.807, 2.05) is 16.8 Å². The fourth-order valence-electron chi connectivity index (χ4n) is 2.65. The molecular formula is C14H20N4. The van der Waals surface area contributed by atoms with Gasteiger partial charge in [-0.25, -0.2) is 4.52 Å². The zero-order chi connectivity index (χ0) is 12.4. The molecule has 0 radical (unpaired) electrons. The van der Waals surface area contributed by atoms with Crippen molar-refractivity contribution in [2.45, 2.75) is 51.5 Å². The van der Waals surface area contributed by atoms with Gasteiger partial charge in [0.15, 0.2) is 5.65 Å². The van der Waals surface area contributed by atoms with Gasteiger partial charge in [0.2, 0.25) is 5.95 Å². The minimum atomic E-state index is 0.547. The Hall–Kier alpha value is -1.58. The molecule has 1 aliphatic carbocycles. The van der Waals surface area contributed by atoms with Crippen LogP contribution in [0.1, 0.15) is 44.1 Å². The minimum absolute atomic E-state index is 0.547. The first-order chi connectivity index (χ1) is 8.81. The topological polar surface area (TPSA) is 42.2 Å². The Kier molecular flexibility index (Phi) is 3.17. The summed E-state index contributed by atoms with van der Waals surface area (Å²) in [5.41, 5.74) is 2.12. The van der Waals surface area contributed by atoms with Crippen LogP contribution < -0.4 is 5.32 Å². The predicted molar refractivity (Wildman–Crippen MR) is 72.8 cm³/mol. The lowest BCUT2D eigenvalue weighted by Gasteiger charge is -2.13. The van der Waals surface area contributed by atoms with Crippen LogP contribution in [0.4, 0.5) is 5.95 Å². The number of fused-ring (bicyclic) bond motifs is 1. The molecule has 0 saturated heterocycles. The number of nitrogens with zero attached hydrogens (tertiary/aromatic N) is 3. The first-order valence-corrected chi connectivity index (χ1v) is 6.91. The van der Waals surface area contributed by atoms with Gasteiger partial charge in [-0.1, -0.05) is 31.7 Å². The lowest BCUT2D eigenvalue weighted by Crippen LogP contribution is -2.19. The summed E-state index contributed by atoms with van der Waals surface area (Å²) >= 11 is 0. The Morgan fingerprint density at radius 2 is 1.94 bits per heavy atom. The second-order valence-electron chi connectivity index (χ2n) is 5.28. The summed E-state index contributed by atoms with van der Waals surface area (Å²) in [6.45, 7) is 2.07. The summed E-state index contributed by atoms with van der Waals surface area (Å²) in [4.78, 5) is 4.52. The quantitative estimate of drug-likeness (QED) is 0.825. The van der Waals surface area contributed by atoms with Gasteiger partial charge in [-0.2, -0.15) is 4.98 Å². The lowest BCUT2D eigenvalue weighted by atomic mass is 10.1. The van der Waals surface area contributed by atoms with Crippen molar-refractivity contribution in [1.82, 2.24) is 14.6 Å². The average molecular weight is 244 g/mol. The van der Waals surface area contributed by atoms with Crippen molar-refractivity contribution >= 4 is 11.6 Å². The molecule has 1 fully saturated rings. The molecule has 2 heterocycles. The molecule has 1 aliphatic rings. The fraction of sp³-hybridized carbons (Fsp3) is 0.571. The number of anilines is 1. The number of nitrogens with one attached hydrogen (secondary N) is 1. The molecule has 2 aromatic rings. The third kappa shape index (κ3) is 2.47. The van der Waals surface area contributed by atoms with Crippen LogP contribution in [0.2, 0.25) is 0 Å². The summed E-state index contributed by atoms with van der Waals surface area (Å²) in [5, 5.41) is 7.98. The maximum atomic E-state index is 4.52. The van der Waals surface area contributed by atoms with E-state index in [1.165, 1.54) is 44.1 Å². The molecule has 0 aliphatic heterocycles. The zero-order valence-electron chi connectivity index (χ0n) is 10.9. The molecule has 3 rings (SSSR count). The molecule has 96 valence electrons. The number of hydrogen-bond acceptors (Lipinski definition) is 3. The molecule has 1 N–H and O–H groups in total. The summed E-state index contributed by atoms with van der Waals surface area (Å²) in [6.07, 6.45) is 9.89. The molecule has 0 aromatic carbocycles. The largest absolute Gasteiger partial charge is 0.350 e. The van der Waals surface area contributed by atoms with Gasteiger partial charge in [-0.05, 0) is 31.4 Å². The van der Waals surface area contributed by atoms with Crippen molar-refractivity contribution in [2.24, 2.45) is 0 Å². The van der Waals surface area contributed by atoms with Gasteiger partial charge in [0.05, 0.1) is 0 Å². The maximum Gasteiger partial charge on any atom is 0.243 e. The van der Waals surface area contributed by atoms with Crippen molar-refractivity contribution in [3.8, 4) is 0 Å². The van der Waals surface area contributed by atoms with Gasteiger partial charge in [0.1, 0.15) is 0 Å².